The first-order valence-corrected chi connectivity index (χ1v) is 4.82. The van der Waals surface area contributed by atoms with Crippen molar-refractivity contribution in [1.82, 2.24) is 5.43 Å². The van der Waals surface area contributed by atoms with Crippen molar-refractivity contribution in [3.63, 3.8) is 0 Å². The average Bonchev–Trinajstić information content (AvgIpc) is 2.15. The highest BCUT2D eigenvalue weighted by atomic mass is 32.1. The lowest BCUT2D eigenvalue weighted by Crippen LogP contribution is -2.43. The number of anilines is 1. The minimum Gasteiger partial charge on any atom is -0.276 e. The summed E-state index contributed by atoms with van der Waals surface area (Å²) >= 11 is 8.66. The van der Waals surface area contributed by atoms with Crippen molar-refractivity contribution in [2.45, 2.75) is 6.92 Å². The maximum Gasteiger partial charge on any atom is 0.242 e. The minimum absolute atomic E-state index is 0.146. The summed E-state index contributed by atoms with van der Waals surface area (Å²) in [6.07, 6.45) is 0. The van der Waals surface area contributed by atoms with Crippen LogP contribution in [0.1, 0.15) is 6.92 Å². The monoisotopic (exact) mass is 226 g/mol. The Morgan fingerprint density at radius 1 is 1.43 bits per heavy atom. The van der Waals surface area contributed by atoms with E-state index in [-0.39, 0.29) is 10.2 Å². The number of rotatable bonds is 1. The van der Waals surface area contributed by atoms with Crippen LogP contribution >= 0.6 is 24.8 Å². The van der Waals surface area contributed by atoms with Crippen molar-refractivity contribution >= 4 is 40.8 Å². The first kappa shape index (κ1) is 11.0. The fourth-order valence-corrected chi connectivity index (χ4v) is 1.19. The van der Waals surface area contributed by atoms with Gasteiger partial charge in [-0.15, -0.1) is 12.6 Å². The molecule has 3 nitrogen and oxygen atoms in total. The van der Waals surface area contributed by atoms with Gasteiger partial charge < -0.3 is 0 Å². The minimum atomic E-state index is -0.146. The van der Waals surface area contributed by atoms with Gasteiger partial charge in [-0.3, -0.25) is 10.2 Å². The second-order valence-electron chi connectivity index (χ2n) is 2.61. The van der Waals surface area contributed by atoms with Gasteiger partial charge in [0.15, 0.2) is 0 Å². The third kappa shape index (κ3) is 3.01. The summed E-state index contributed by atoms with van der Waals surface area (Å²) < 4.78 is 0.254. The van der Waals surface area contributed by atoms with Gasteiger partial charge in [-0.25, -0.2) is 5.01 Å². The smallest absolute Gasteiger partial charge is 0.242 e. The van der Waals surface area contributed by atoms with E-state index in [2.05, 4.69) is 18.1 Å². The number of benzene rings is 1. The summed E-state index contributed by atoms with van der Waals surface area (Å²) in [5.41, 5.74) is 3.41. The summed E-state index contributed by atoms with van der Waals surface area (Å²) in [5, 5.41) is 1.34. The summed E-state index contributed by atoms with van der Waals surface area (Å²) in [4.78, 5) is 11.2. The molecule has 0 spiro atoms. The van der Waals surface area contributed by atoms with Crippen molar-refractivity contribution < 1.29 is 4.79 Å². The van der Waals surface area contributed by atoms with Crippen LogP contribution in [0.5, 0.6) is 0 Å². The van der Waals surface area contributed by atoms with Crippen molar-refractivity contribution in [2.24, 2.45) is 0 Å². The molecule has 74 valence electrons. The van der Waals surface area contributed by atoms with E-state index in [0.717, 1.165) is 5.69 Å². The van der Waals surface area contributed by atoms with E-state index in [1.165, 1.54) is 11.9 Å². The predicted octanol–water partition coefficient (Wildman–Crippen LogP) is 1.76. The third-order valence-electron chi connectivity index (χ3n) is 1.54. The molecule has 0 atom stereocenters. The molecule has 0 aliphatic heterocycles. The number of nitrogens with one attached hydrogen (secondary N) is 1. The van der Waals surface area contributed by atoms with Crippen LogP contribution < -0.4 is 10.4 Å². The normalized spacial score (nSPS) is 9.29. The van der Waals surface area contributed by atoms with Crippen LogP contribution in [0.4, 0.5) is 5.69 Å². The second kappa shape index (κ2) is 4.97. The molecule has 1 rings (SSSR count). The highest BCUT2D eigenvalue weighted by molar-refractivity contribution is 8.11. The van der Waals surface area contributed by atoms with Crippen LogP contribution in [0.25, 0.3) is 0 Å². The molecule has 14 heavy (non-hydrogen) atoms. The lowest BCUT2D eigenvalue weighted by atomic mass is 10.3. The van der Waals surface area contributed by atoms with Gasteiger partial charge in [0.05, 0.1) is 5.69 Å². The van der Waals surface area contributed by atoms with E-state index in [9.17, 15) is 4.79 Å². The predicted molar refractivity (Wildman–Crippen MR) is 64.3 cm³/mol. The van der Waals surface area contributed by atoms with Crippen molar-refractivity contribution in [3.8, 4) is 0 Å². The zero-order chi connectivity index (χ0) is 10.6. The van der Waals surface area contributed by atoms with E-state index in [1.807, 2.05) is 18.2 Å². The number of thiol groups is 1. The number of para-hydroxylation sites is 1. The van der Waals surface area contributed by atoms with Crippen molar-refractivity contribution in [3.05, 3.63) is 30.3 Å². The van der Waals surface area contributed by atoms with E-state index in [0.29, 0.717) is 0 Å². The molecule has 0 aromatic heterocycles. The van der Waals surface area contributed by atoms with E-state index in [1.54, 1.807) is 12.1 Å². The number of thiocarbonyl (C=S) groups is 1. The average molecular weight is 226 g/mol. The molecule has 0 aliphatic carbocycles. The number of hydrogen-bond acceptors (Lipinski definition) is 2. The Kier molecular flexibility index (Phi) is 3.91. The van der Waals surface area contributed by atoms with E-state index < -0.39 is 0 Å². The van der Waals surface area contributed by atoms with Gasteiger partial charge in [0.1, 0.15) is 4.32 Å². The van der Waals surface area contributed by atoms with Crippen LogP contribution in [0.15, 0.2) is 30.3 Å². The molecule has 0 saturated carbocycles. The topological polar surface area (TPSA) is 32.3 Å². The lowest BCUT2D eigenvalue weighted by Gasteiger charge is -2.21. The Morgan fingerprint density at radius 2 is 2.00 bits per heavy atom. The van der Waals surface area contributed by atoms with Gasteiger partial charge >= 0.3 is 0 Å². The first-order valence-electron chi connectivity index (χ1n) is 3.96. The molecule has 1 aromatic carbocycles. The summed E-state index contributed by atoms with van der Waals surface area (Å²) in [6.45, 7) is 1.45. The molecular formula is C9H10N2OS2. The molecule has 0 heterocycles. The zero-order valence-corrected chi connectivity index (χ0v) is 9.31. The molecule has 5 heteroatoms. The van der Waals surface area contributed by atoms with Crippen LogP contribution in [0.3, 0.4) is 0 Å². The van der Waals surface area contributed by atoms with E-state index >= 15 is 0 Å². The summed E-state index contributed by atoms with van der Waals surface area (Å²) in [6, 6.07) is 9.17. The highest BCUT2D eigenvalue weighted by Gasteiger charge is 2.10. The standard InChI is InChI=1S/C9H10N2OS2/c1-7(12)11(10-9(13)14)8-5-3-2-4-6-8/h2-6H,1H3,(H2,10,13,14). The number of nitrogens with zero attached hydrogens (tertiary/aromatic N) is 1. The molecule has 1 amide bonds. The molecule has 1 N–H and O–H groups in total. The highest BCUT2D eigenvalue weighted by Crippen LogP contribution is 2.11. The first-order chi connectivity index (χ1) is 6.61. The van der Waals surface area contributed by atoms with E-state index in [4.69, 9.17) is 12.2 Å². The van der Waals surface area contributed by atoms with Crippen molar-refractivity contribution in [2.75, 3.05) is 5.01 Å². The molecule has 0 bridgehead atoms. The second-order valence-corrected chi connectivity index (χ2v) is 3.76. The fourth-order valence-electron chi connectivity index (χ4n) is 0.998. The Bertz CT molecular complexity index is 340. The van der Waals surface area contributed by atoms with Gasteiger partial charge in [0, 0.05) is 6.92 Å². The number of carbonyl (C=O) groups is 1. The van der Waals surface area contributed by atoms with Crippen molar-refractivity contribution in [1.29, 1.82) is 0 Å². The van der Waals surface area contributed by atoms with Gasteiger partial charge in [-0.2, -0.15) is 0 Å². The maximum absolute atomic E-state index is 11.2. The zero-order valence-electron chi connectivity index (χ0n) is 7.60. The lowest BCUT2D eigenvalue weighted by molar-refractivity contribution is -0.116. The molecule has 0 saturated heterocycles. The number of hydrazine groups is 1. The van der Waals surface area contributed by atoms with Gasteiger partial charge in [-0.1, -0.05) is 30.4 Å². The summed E-state index contributed by atoms with van der Waals surface area (Å²) in [7, 11) is 0. The van der Waals surface area contributed by atoms with Gasteiger partial charge in [0.2, 0.25) is 5.91 Å². The Labute approximate surface area is 93.5 Å². The molecule has 1 aromatic rings. The molecule has 0 unspecified atom stereocenters. The number of hydrogen-bond donors (Lipinski definition) is 2. The Morgan fingerprint density at radius 3 is 2.43 bits per heavy atom. The largest absolute Gasteiger partial charge is 0.276 e. The molecule has 0 aliphatic rings. The van der Waals surface area contributed by atoms with Crippen LogP contribution in [0, 0.1) is 0 Å². The molecular weight excluding hydrogens is 216 g/mol. The van der Waals surface area contributed by atoms with Gasteiger partial charge in [0.25, 0.3) is 0 Å². The Balaban J connectivity index is 2.89. The SMILES string of the molecule is CC(=O)N(NC(=S)S)c1ccccc1. The summed E-state index contributed by atoms with van der Waals surface area (Å²) in [5.74, 6) is -0.146. The van der Waals surface area contributed by atoms with Gasteiger partial charge in [-0.05, 0) is 12.1 Å². The maximum atomic E-state index is 11.2. The van der Waals surface area contributed by atoms with Crippen LogP contribution in [0.2, 0.25) is 0 Å². The molecule has 0 fully saturated rings. The molecule has 0 radical (unpaired) electrons. The van der Waals surface area contributed by atoms with Crippen LogP contribution in [-0.2, 0) is 4.79 Å². The van der Waals surface area contributed by atoms with Crippen LogP contribution in [-0.4, -0.2) is 10.2 Å². The Hall–Kier alpha value is -1.07. The third-order valence-corrected chi connectivity index (χ3v) is 1.73. The number of carbonyl (C=O) groups excluding carboxylic acids is 1. The quantitative estimate of drug-likeness (QED) is 0.435. The number of amides is 1. The fraction of sp³-hybridized carbons (Fsp3) is 0.111.